The summed E-state index contributed by atoms with van der Waals surface area (Å²) in [4.78, 5) is 2.33. The first-order chi connectivity index (χ1) is 13.3. The Kier molecular flexibility index (Phi) is 4.04. The molecule has 0 aromatic heterocycles. The Labute approximate surface area is 159 Å². The molecule has 5 heteroatoms. The molecule has 3 heterocycles. The molecule has 0 N–H and O–H groups in total. The molecule has 0 aliphatic carbocycles. The lowest BCUT2D eigenvalue weighted by Gasteiger charge is -2.45. The summed E-state index contributed by atoms with van der Waals surface area (Å²) in [7, 11) is 0. The maximum absolute atomic E-state index is 10.3. The smallest absolute Gasteiger partial charge is 0.231 e. The van der Waals surface area contributed by atoms with Crippen LogP contribution in [0.25, 0.3) is 0 Å². The van der Waals surface area contributed by atoms with E-state index in [4.69, 9.17) is 14.2 Å². The number of rotatable bonds is 3. The highest BCUT2D eigenvalue weighted by atomic mass is 16.7. The molecule has 2 fully saturated rings. The molecule has 27 heavy (non-hydrogen) atoms. The van der Waals surface area contributed by atoms with Gasteiger partial charge in [-0.2, -0.15) is 5.26 Å². The van der Waals surface area contributed by atoms with Crippen molar-refractivity contribution < 1.29 is 14.2 Å². The molecule has 0 amide bonds. The van der Waals surface area contributed by atoms with Crippen molar-refractivity contribution in [2.24, 2.45) is 0 Å². The SMILES string of the molecule is N#C[C@]1(Cc2ccc3c(c2)OCO3)CCCC2OC[C@@H](c3ccccc3)N21. The summed E-state index contributed by atoms with van der Waals surface area (Å²) in [5.74, 6) is 1.54. The van der Waals surface area contributed by atoms with Crippen LogP contribution in [0.15, 0.2) is 48.5 Å². The van der Waals surface area contributed by atoms with E-state index in [1.165, 1.54) is 5.56 Å². The fourth-order valence-corrected chi connectivity index (χ4v) is 4.71. The van der Waals surface area contributed by atoms with Crippen molar-refractivity contribution in [1.29, 1.82) is 5.26 Å². The first-order valence-electron chi connectivity index (χ1n) is 9.54. The van der Waals surface area contributed by atoms with Gasteiger partial charge in [0.15, 0.2) is 11.5 Å². The van der Waals surface area contributed by atoms with E-state index in [1.807, 2.05) is 24.3 Å². The highest BCUT2D eigenvalue weighted by Gasteiger charge is 2.51. The topological polar surface area (TPSA) is 54.7 Å². The van der Waals surface area contributed by atoms with Gasteiger partial charge in [-0.1, -0.05) is 36.4 Å². The van der Waals surface area contributed by atoms with Crippen molar-refractivity contribution in [1.82, 2.24) is 4.90 Å². The van der Waals surface area contributed by atoms with Crippen molar-refractivity contribution in [3.8, 4) is 17.6 Å². The Hall–Kier alpha value is -2.55. The van der Waals surface area contributed by atoms with Gasteiger partial charge in [-0.25, -0.2) is 4.90 Å². The van der Waals surface area contributed by atoms with E-state index in [-0.39, 0.29) is 19.1 Å². The van der Waals surface area contributed by atoms with Gasteiger partial charge in [-0.05, 0) is 42.5 Å². The Morgan fingerprint density at radius 1 is 1.11 bits per heavy atom. The summed E-state index contributed by atoms with van der Waals surface area (Å²) in [6.45, 7) is 0.902. The predicted molar refractivity (Wildman–Crippen MR) is 99.2 cm³/mol. The Morgan fingerprint density at radius 2 is 1.96 bits per heavy atom. The molecule has 2 aromatic rings. The van der Waals surface area contributed by atoms with Crippen LogP contribution in [0.4, 0.5) is 0 Å². The maximum Gasteiger partial charge on any atom is 0.231 e. The number of fused-ring (bicyclic) bond motifs is 2. The van der Waals surface area contributed by atoms with Crippen LogP contribution in [-0.4, -0.2) is 30.1 Å². The van der Waals surface area contributed by atoms with E-state index in [0.717, 1.165) is 36.3 Å². The van der Waals surface area contributed by atoms with E-state index in [1.54, 1.807) is 0 Å². The second kappa shape index (κ2) is 6.56. The third kappa shape index (κ3) is 2.77. The molecule has 5 rings (SSSR count). The van der Waals surface area contributed by atoms with Crippen LogP contribution < -0.4 is 9.47 Å². The van der Waals surface area contributed by atoms with Crippen LogP contribution >= 0.6 is 0 Å². The summed E-state index contributed by atoms with van der Waals surface area (Å²) >= 11 is 0. The molecule has 0 saturated carbocycles. The van der Waals surface area contributed by atoms with Gasteiger partial charge in [0, 0.05) is 6.42 Å². The Bertz CT molecular complexity index is 879. The molecule has 3 aliphatic heterocycles. The summed E-state index contributed by atoms with van der Waals surface area (Å²) in [6.07, 6.45) is 3.50. The molecule has 0 bridgehead atoms. The van der Waals surface area contributed by atoms with E-state index in [2.05, 4.69) is 35.2 Å². The molecule has 2 aromatic carbocycles. The highest BCUT2D eigenvalue weighted by Crippen LogP contribution is 2.45. The van der Waals surface area contributed by atoms with Gasteiger partial charge >= 0.3 is 0 Å². The molecule has 138 valence electrons. The van der Waals surface area contributed by atoms with Crippen molar-refractivity contribution in [2.45, 2.75) is 43.5 Å². The predicted octanol–water partition coefficient (Wildman–Crippen LogP) is 3.80. The largest absolute Gasteiger partial charge is 0.454 e. The van der Waals surface area contributed by atoms with Crippen molar-refractivity contribution in [3.63, 3.8) is 0 Å². The lowest BCUT2D eigenvalue weighted by molar-refractivity contribution is -0.0517. The van der Waals surface area contributed by atoms with Gasteiger partial charge in [-0.15, -0.1) is 0 Å². The average Bonchev–Trinajstić information content (AvgIpc) is 3.36. The zero-order valence-electron chi connectivity index (χ0n) is 15.1. The first kappa shape index (κ1) is 16.6. The lowest BCUT2D eigenvalue weighted by Crippen LogP contribution is -2.55. The second-order valence-corrected chi connectivity index (χ2v) is 7.52. The van der Waals surface area contributed by atoms with Crippen molar-refractivity contribution in [3.05, 3.63) is 59.7 Å². The molecular weight excluding hydrogens is 340 g/mol. The van der Waals surface area contributed by atoms with Crippen LogP contribution in [0, 0.1) is 11.3 Å². The zero-order chi connectivity index (χ0) is 18.3. The van der Waals surface area contributed by atoms with E-state index in [9.17, 15) is 5.26 Å². The van der Waals surface area contributed by atoms with E-state index >= 15 is 0 Å². The van der Waals surface area contributed by atoms with Crippen LogP contribution in [0.5, 0.6) is 11.5 Å². The van der Waals surface area contributed by atoms with Crippen molar-refractivity contribution >= 4 is 0 Å². The van der Waals surface area contributed by atoms with Crippen LogP contribution in [0.3, 0.4) is 0 Å². The highest BCUT2D eigenvalue weighted by molar-refractivity contribution is 5.45. The number of nitrogens with zero attached hydrogens (tertiary/aromatic N) is 2. The number of hydrogen-bond donors (Lipinski definition) is 0. The standard InChI is InChI=1S/C22H22N2O3/c23-14-22(12-16-8-9-19-20(11-16)27-15-26-19)10-4-7-21-24(22)18(13-25-21)17-5-2-1-3-6-17/h1-3,5-6,8-9,11,18,21H,4,7,10,12-13,15H2/t18-,21?,22+/m0/s1. The van der Waals surface area contributed by atoms with E-state index < -0.39 is 5.54 Å². The third-order valence-corrected chi connectivity index (χ3v) is 5.95. The third-order valence-electron chi connectivity index (χ3n) is 5.95. The molecule has 5 nitrogen and oxygen atoms in total. The first-order valence-corrected chi connectivity index (χ1v) is 9.54. The molecular formula is C22H22N2O3. The quantitative estimate of drug-likeness (QED) is 0.831. The van der Waals surface area contributed by atoms with Crippen molar-refractivity contribution in [2.75, 3.05) is 13.4 Å². The number of benzene rings is 2. The van der Waals surface area contributed by atoms with Crippen LogP contribution in [-0.2, 0) is 11.2 Å². The van der Waals surface area contributed by atoms with E-state index in [0.29, 0.717) is 13.0 Å². The summed E-state index contributed by atoms with van der Waals surface area (Å²) in [5, 5.41) is 10.3. The molecule has 2 saturated heterocycles. The van der Waals surface area contributed by atoms with Gasteiger partial charge in [0.05, 0.1) is 18.7 Å². The van der Waals surface area contributed by atoms with Gasteiger partial charge in [-0.3, -0.25) is 0 Å². The van der Waals surface area contributed by atoms with Crippen LogP contribution in [0.1, 0.15) is 36.4 Å². The van der Waals surface area contributed by atoms with Gasteiger partial charge in [0.2, 0.25) is 6.79 Å². The molecule has 3 aliphatic rings. The zero-order valence-corrected chi connectivity index (χ0v) is 15.1. The lowest BCUT2D eigenvalue weighted by atomic mass is 9.80. The molecule has 0 spiro atoms. The normalized spacial score (nSPS) is 29.3. The Morgan fingerprint density at radius 3 is 2.81 bits per heavy atom. The summed E-state index contributed by atoms with van der Waals surface area (Å²) in [5.41, 5.74) is 1.74. The minimum atomic E-state index is -0.576. The number of piperidine rings is 1. The average molecular weight is 362 g/mol. The fourth-order valence-electron chi connectivity index (χ4n) is 4.71. The van der Waals surface area contributed by atoms with Crippen LogP contribution in [0.2, 0.25) is 0 Å². The summed E-state index contributed by atoms with van der Waals surface area (Å²) in [6, 6.07) is 19.2. The summed E-state index contributed by atoms with van der Waals surface area (Å²) < 4.78 is 17.1. The van der Waals surface area contributed by atoms with Gasteiger partial charge in [0.25, 0.3) is 0 Å². The number of hydrogen-bond acceptors (Lipinski definition) is 5. The molecule has 3 atom stereocenters. The van der Waals surface area contributed by atoms with Gasteiger partial charge in [0.1, 0.15) is 11.8 Å². The minimum absolute atomic E-state index is 0.0117. The molecule has 0 radical (unpaired) electrons. The Balaban J connectivity index is 1.50. The minimum Gasteiger partial charge on any atom is -0.454 e. The number of ether oxygens (including phenoxy) is 3. The second-order valence-electron chi connectivity index (χ2n) is 7.52. The number of nitriles is 1. The molecule has 1 unspecified atom stereocenters. The van der Waals surface area contributed by atoms with Gasteiger partial charge < -0.3 is 14.2 Å². The monoisotopic (exact) mass is 362 g/mol. The fraction of sp³-hybridized carbons (Fsp3) is 0.409. The maximum atomic E-state index is 10.3.